The predicted molar refractivity (Wildman–Crippen MR) is 83.2 cm³/mol. The lowest BCUT2D eigenvalue weighted by atomic mass is 10.1. The Hall–Kier alpha value is -1.32. The molecule has 2 nitrogen and oxygen atoms in total. The smallest absolute Gasteiger partial charge is 0.0436 e. The molecule has 19 heavy (non-hydrogen) atoms. The highest BCUT2D eigenvalue weighted by Gasteiger charge is 2.20. The zero-order valence-corrected chi connectivity index (χ0v) is 12.6. The topological polar surface area (TPSA) is 15.3 Å². The number of nitrogens with zero attached hydrogens (tertiary/aromatic N) is 1. The predicted octanol–water partition coefficient (Wildman–Crippen LogP) is 3.69. The van der Waals surface area contributed by atoms with Crippen molar-refractivity contribution in [2.24, 2.45) is 0 Å². The summed E-state index contributed by atoms with van der Waals surface area (Å²) in [5, 5.41) is 3.25. The van der Waals surface area contributed by atoms with E-state index in [2.05, 4.69) is 68.6 Å². The van der Waals surface area contributed by atoms with Crippen molar-refractivity contribution < 1.29 is 0 Å². The van der Waals surface area contributed by atoms with Crippen molar-refractivity contribution in [1.82, 2.24) is 5.32 Å². The highest BCUT2D eigenvalue weighted by molar-refractivity contribution is 9.10. The zero-order chi connectivity index (χ0) is 13.2. The monoisotopic (exact) mass is 316 g/mol. The summed E-state index contributed by atoms with van der Waals surface area (Å²) in [5.74, 6) is 0. The van der Waals surface area contributed by atoms with Gasteiger partial charge in [-0.25, -0.2) is 0 Å². The van der Waals surface area contributed by atoms with Crippen LogP contribution in [0.4, 0.5) is 5.69 Å². The maximum Gasteiger partial charge on any atom is 0.0436 e. The molecular formula is C16H17BrN2. The Morgan fingerprint density at radius 1 is 1.11 bits per heavy atom. The van der Waals surface area contributed by atoms with Gasteiger partial charge in [0.05, 0.1) is 0 Å². The zero-order valence-electron chi connectivity index (χ0n) is 11.0. The molecule has 2 aromatic rings. The average Bonchev–Trinajstić information content (AvgIpc) is 2.82. The van der Waals surface area contributed by atoms with Crippen molar-refractivity contribution in [3.05, 3.63) is 63.6 Å². The van der Waals surface area contributed by atoms with Crippen LogP contribution < -0.4 is 10.2 Å². The van der Waals surface area contributed by atoms with Gasteiger partial charge in [-0.15, -0.1) is 0 Å². The summed E-state index contributed by atoms with van der Waals surface area (Å²) in [6.07, 6.45) is 0. The number of hydrogen-bond acceptors (Lipinski definition) is 2. The van der Waals surface area contributed by atoms with Crippen LogP contribution in [0.2, 0.25) is 0 Å². The van der Waals surface area contributed by atoms with E-state index >= 15 is 0 Å². The first-order valence-electron chi connectivity index (χ1n) is 6.52. The summed E-state index contributed by atoms with van der Waals surface area (Å²) >= 11 is 3.56. The fourth-order valence-electron chi connectivity index (χ4n) is 2.70. The molecule has 3 heteroatoms. The molecule has 0 aliphatic carbocycles. The third-order valence-electron chi connectivity index (χ3n) is 3.59. The van der Waals surface area contributed by atoms with Gasteiger partial charge in [0.15, 0.2) is 0 Å². The first kappa shape index (κ1) is 12.7. The molecule has 0 saturated heterocycles. The number of rotatable bonds is 3. The Morgan fingerprint density at radius 3 is 2.42 bits per heavy atom. The summed E-state index contributed by atoms with van der Waals surface area (Å²) in [5.41, 5.74) is 5.56. The van der Waals surface area contributed by atoms with Gasteiger partial charge < -0.3 is 10.2 Å². The fourth-order valence-corrected chi connectivity index (χ4v) is 3.11. The largest absolute Gasteiger partial charge is 0.363 e. The maximum atomic E-state index is 3.56. The third-order valence-corrected chi connectivity index (χ3v) is 4.08. The van der Waals surface area contributed by atoms with E-state index < -0.39 is 0 Å². The van der Waals surface area contributed by atoms with Crippen LogP contribution in [0.25, 0.3) is 0 Å². The molecule has 0 saturated carbocycles. The summed E-state index contributed by atoms with van der Waals surface area (Å²) in [7, 11) is 1.99. The Morgan fingerprint density at radius 2 is 1.79 bits per heavy atom. The van der Waals surface area contributed by atoms with Gasteiger partial charge in [0, 0.05) is 29.8 Å². The lowest BCUT2D eigenvalue weighted by Gasteiger charge is -2.21. The van der Waals surface area contributed by atoms with Crippen LogP contribution in [0.5, 0.6) is 0 Å². The number of fused-ring (bicyclic) bond motifs is 1. The Balaban J connectivity index is 1.92. The molecule has 0 radical (unpaired) electrons. The number of nitrogens with one attached hydrogen (secondary N) is 1. The lowest BCUT2D eigenvalue weighted by Crippen LogP contribution is -2.18. The summed E-state index contributed by atoms with van der Waals surface area (Å²) in [6, 6.07) is 15.2. The molecule has 1 N–H and O–H groups in total. The molecule has 1 aliphatic heterocycles. The van der Waals surface area contributed by atoms with E-state index in [1.807, 2.05) is 7.05 Å². The van der Waals surface area contributed by atoms with Crippen LogP contribution in [0.3, 0.4) is 0 Å². The molecule has 1 heterocycles. The number of benzene rings is 2. The van der Waals surface area contributed by atoms with E-state index in [1.165, 1.54) is 22.4 Å². The van der Waals surface area contributed by atoms with Gasteiger partial charge in [-0.05, 0) is 41.9 Å². The van der Waals surface area contributed by atoms with Crippen molar-refractivity contribution in [2.75, 3.05) is 11.9 Å². The molecule has 0 atom stereocenters. The van der Waals surface area contributed by atoms with Crippen molar-refractivity contribution in [2.45, 2.75) is 19.6 Å². The van der Waals surface area contributed by atoms with Crippen LogP contribution in [0.15, 0.2) is 46.9 Å². The first-order chi connectivity index (χ1) is 9.28. The van der Waals surface area contributed by atoms with Gasteiger partial charge in [-0.1, -0.05) is 40.2 Å². The standard InChI is InChI=1S/C16H17BrN2/c1-18-9-14-8-15(17)6-7-16(14)19-10-12-4-2-3-5-13(12)11-19/h2-8,18H,9-11H2,1H3. The molecular weight excluding hydrogens is 300 g/mol. The van der Waals surface area contributed by atoms with E-state index in [0.29, 0.717) is 0 Å². The number of hydrogen-bond donors (Lipinski definition) is 1. The highest BCUT2D eigenvalue weighted by atomic mass is 79.9. The van der Waals surface area contributed by atoms with Crippen molar-refractivity contribution >= 4 is 21.6 Å². The molecule has 0 bridgehead atoms. The van der Waals surface area contributed by atoms with Gasteiger partial charge in [0.2, 0.25) is 0 Å². The molecule has 3 rings (SSSR count). The third kappa shape index (κ3) is 2.53. The van der Waals surface area contributed by atoms with E-state index in [1.54, 1.807) is 0 Å². The van der Waals surface area contributed by atoms with Crippen LogP contribution in [-0.4, -0.2) is 7.05 Å². The minimum atomic E-state index is 0.890. The number of halogens is 1. The first-order valence-corrected chi connectivity index (χ1v) is 7.32. The molecule has 0 unspecified atom stereocenters. The SMILES string of the molecule is CNCc1cc(Br)ccc1N1Cc2ccccc2C1. The van der Waals surface area contributed by atoms with Crippen LogP contribution in [0, 0.1) is 0 Å². The second kappa shape index (κ2) is 5.35. The van der Waals surface area contributed by atoms with Gasteiger partial charge >= 0.3 is 0 Å². The molecule has 0 spiro atoms. The van der Waals surface area contributed by atoms with Crippen molar-refractivity contribution in [3.8, 4) is 0 Å². The minimum absolute atomic E-state index is 0.890. The summed E-state index contributed by atoms with van der Waals surface area (Å²) < 4.78 is 1.14. The normalized spacial score (nSPS) is 13.7. The van der Waals surface area contributed by atoms with Crippen LogP contribution in [-0.2, 0) is 19.6 Å². The van der Waals surface area contributed by atoms with E-state index in [-0.39, 0.29) is 0 Å². The molecule has 1 aliphatic rings. The lowest BCUT2D eigenvalue weighted by molar-refractivity contribution is 0.797. The molecule has 0 aromatic heterocycles. The highest BCUT2D eigenvalue weighted by Crippen LogP contribution is 2.32. The molecule has 0 amide bonds. The van der Waals surface area contributed by atoms with Gasteiger partial charge in [0.1, 0.15) is 0 Å². The molecule has 0 fully saturated rings. The van der Waals surface area contributed by atoms with Crippen LogP contribution in [0.1, 0.15) is 16.7 Å². The molecule has 98 valence electrons. The number of anilines is 1. The van der Waals surface area contributed by atoms with Crippen molar-refractivity contribution in [1.29, 1.82) is 0 Å². The summed E-state index contributed by atoms with van der Waals surface area (Å²) in [6.45, 7) is 2.91. The average molecular weight is 317 g/mol. The maximum absolute atomic E-state index is 3.56. The minimum Gasteiger partial charge on any atom is -0.363 e. The Bertz CT molecular complexity index is 570. The van der Waals surface area contributed by atoms with E-state index in [0.717, 1.165) is 24.1 Å². The fraction of sp³-hybridized carbons (Fsp3) is 0.250. The van der Waals surface area contributed by atoms with Gasteiger partial charge in [-0.3, -0.25) is 0 Å². The van der Waals surface area contributed by atoms with E-state index in [4.69, 9.17) is 0 Å². The van der Waals surface area contributed by atoms with Gasteiger partial charge in [-0.2, -0.15) is 0 Å². The Labute approximate surface area is 122 Å². The van der Waals surface area contributed by atoms with Crippen LogP contribution >= 0.6 is 15.9 Å². The second-order valence-corrected chi connectivity index (χ2v) is 5.84. The van der Waals surface area contributed by atoms with Gasteiger partial charge in [0.25, 0.3) is 0 Å². The quantitative estimate of drug-likeness (QED) is 0.929. The molecule has 2 aromatic carbocycles. The summed E-state index contributed by atoms with van der Waals surface area (Å²) in [4.78, 5) is 2.45. The van der Waals surface area contributed by atoms with E-state index in [9.17, 15) is 0 Å². The second-order valence-electron chi connectivity index (χ2n) is 4.93. The Kier molecular flexibility index (Phi) is 3.58. The van der Waals surface area contributed by atoms with Crippen molar-refractivity contribution in [3.63, 3.8) is 0 Å².